The third-order valence-corrected chi connectivity index (χ3v) is 5.72. The maximum Gasteiger partial charge on any atom is 0.311 e. The molecule has 0 unspecified atom stereocenters. The van der Waals surface area contributed by atoms with E-state index in [1.54, 1.807) is 6.92 Å². The number of nitrogens with zero attached hydrogens (tertiary/aromatic N) is 1. The van der Waals surface area contributed by atoms with Crippen molar-refractivity contribution in [3.05, 3.63) is 40.9 Å². The molecule has 0 atom stereocenters. The topological polar surface area (TPSA) is 88.5 Å². The summed E-state index contributed by atoms with van der Waals surface area (Å²) in [5.74, 6) is -1.16. The van der Waals surface area contributed by atoms with Crippen LogP contribution in [0.5, 0.6) is 0 Å². The number of amides is 1. The number of carbonyl (C=O) groups excluding carboxylic acids is 1. The molecule has 1 amide bonds. The van der Waals surface area contributed by atoms with Gasteiger partial charge in [0.15, 0.2) is 0 Å². The summed E-state index contributed by atoms with van der Waals surface area (Å²) in [5.41, 5.74) is 0.660. The average molecular weight is 360 g/mol. The second-order valence-electron chi connectivity index (χ2n) is 6.18. The van der Waals surface area contributed by atoms with E-state index in [0.717, 1.165) is 10.6 Å². The van der Waals surface area contributed by atoms with E-state index in [4.69, 9.17) is 4.74 Å². The molecule has 1 aliphatic rings. The number of ether oxygens (including phenoxy) is 1. The fraction of sp³-hybridized carbons (Fsp3) is 0.389. The van der Waals surface area contributed by atoms with E-state index in [0.29, 0.717) is 36.6 Å². The highest BCUT2D eigenvalue weighted by molar-refractivity contribution is 7.17. The van der Waals surface area contributed by atoms with Crippen LogP contribution in [0.25, 0.3) is 10.6 Å². The third-order valence-electron chi connectivity index (χ3n) is 4.51. The Bertz CT molecular complexity index is 767. The number of benzene rings is 1. The molecular formula is C18H20N2O4S. The van der Waals surface area contributed by atoms with Gasteiger partial charge in [-0.3, -0.25) is 9.59 Å². The fourth-order valence-corrected chi connectivity index (χ4v) is 3.86. The van der Waals surface area contributed by atoms with Crippen LogP contribution in [0.4, 0.5) is 0 Å². The highest BCUT2D eigenvalue weighted by atomic mass is 32.1. The van der Waals surface area contributed by atoms with Crippen molar-refractivity contribution in [2.75, 3.05) is 19.8 Å². The lowest BCUT2D eigenvalue weighted by Gasteiger charge is -2.33. The molecule has 25 heavy (non-hydrogen) atoms. The Balaban J connectivity index is 1.73. The van der Waals surface area contributed by atoms with E-state index in [1.807, 2.05) is 30.3 Å². The van der Waals surface area contributed by atoms with Gasteiger partial charge in [0, 0.05) is 25.3 Å². The van der Waals surface area contributed by atoms with Crippen molar-refractivity contribution in [3.63, 3.8) is 0 Å². The standard InChI is InChI=1S/C18H20N2O4S/c1-12-14(25-16(20-12)13-5-3-2-4-6-13)15(21)19-11-18(17(22)23)7-9-24-10-8-18/h2-6H,7-11H2,1H3,(H,19,21)(H,22,23). The number of rotatable bonds is 5. The summed E-state index contributed by atoms with van der Waals surface area (Å²) >= 11 is 1.32. The van der Waals surface area contributed by atoms with Gasteiger partial charge in [0.05, 0.1) is 11.1 Å². The molecule has 3 rings (SSSR count). The number of carboxylic acid groups (broad SMARTS) is 1. The number of aromatic nitrogens is 1. The Morgan fingerprint density at radius 2 is 1.96 bits per heavy atom. The molecule has 7 heteroatoms. The fourth-order valence-electron chi connectivity index (χ4n) is 2.87. The molecule has 132 valence electrons. The van der Waals surface area contributed by atoms with Crippen LogP contribution in [-0.2, 0) is 9.53 Å². The van der Waals surface area contributed by atoms with E-state index in [2.05, 4.69) is 10.3 Å². The molecule has 1 saturated heterocycles. The van der Waals surface area contributed by atoms with Crippen LogP contribution in [0.15, 0.2) is 30.3 Å². The normalized spacial score (nSPS) is 16.4. The summed E-state index contributed by atoms with van der Waals surface area (Å²) in [7, 11) is 0. The first-order valence-corrected chi connectivity index (χ1v) is 8.96. The number of hydrogen-bond donors (Lipinski definition) is 2. The quantitative estimate of drug-likeness (QED) is 0.856. The summed E-state index contributed by atoms with van der Waals surface area (Å²) in [6.45, 7) is 2.70. The van der Waals surface area contributed by atoms with Crippen LogP contribution in [0, 0.1) is 12.3 Å². The molecule has 0 aliphatic carbocycles. The molecule has 6 nitrogen and oxygen atoms in total. The van der Waals surface area contributed by atoms with Crippen LogP contribution < -0.4 is 5.32 Å². The predicted octanol–water partition coefficient (Wildman–Crippen LogP) is 2.73. The highest BCUT2D eigenvalue weighted by Crippen LogP contribution is 2.31. The molecule has 2 aromatic rings. The zero-order valence-electron chi connectivity index (χ0n) is 13.9. The first-order chi connectivity index (χ1) is 12.0. The van der Waals surface area contributed by atoms with Gasteiger partial charge in [0.1, 0.15) is 9.88 Å². The molecule has 0 bridgehead atoms. The molecule has 2 N–H and O–H groups in total. The summed E-state index contributed by atoms with van der Waals surface area (Å²) in [6, 6.07) is 9.67. The predicted molar refractivity (Wildman–Crippen MR) is 94.7 cm³/mol. The summed E-state index contributed by atoms with van der Waals surface area (Å²) in [5, 5.41) is 13.1. The lowest BCUT2D eigenvalue weighted by atomic mass is 9.80. The molecule has 1 aromatic heterocycles. The number of thiazole rings is 1. The largest absolute Gasteiger partial charge is 0.481 e. The second kappa shape index (κ2) is 7.33. The zero-order valence-corrected chi connectivity index (χ0v) is 14.8. The van der Waals surface area contributed by atoms with E-state index in [1.165, 1.54) is 11.3 Å². The van der Waals surface area contributed by atoms with Gasteiger partial charge in [-0.05, 0) is 19.8 Å². The van der Waals surface area contributed by atoms with Crippen molar-refractivity contribution in [1.82, 2.24) is 10.3 Å². The molecule has 0 saturated carbocycles. The number of carboxylic acids is 1. The smallest absolute Gasteiger partial charge is 0.311 e. The van der Waals surface area contributed by atoms with Crippen molar-refractivity contribution in [2.45, 2.75) is 19.8 Å². The second-order valence-corrected chi connectivity index (χ2v) is 7.18. The van der Waals surface area contributed by atoms with E-state index >= 15 is 0 Å². The molecule has 1 aliphatic heterocycles. The van der Waals surface area contributed by atoms with Crippen molar-refractivity contribution in [1.29, 1.82) is 0 Å². The number of carbonyl (C=O) groups is 2. The van der Waals surface area contributed by atoms with Crippen molar-refractivity contribution in [3.8, 4) is 10.6 Å². The van der Waals surface area contributed by atoms with Gasteiger partial charge in [-0.1, -0.05) is 30.3 Å². The minimum absolute atomic E-state index is 0.0997. The van der Waals surface area contributed by atoms with Crippen LogP contribution in [-0.4, -0.2) is 41.7 Å². The minimum Gasteiger partial charge on any atom is -0.481 e. The lowest BCUT2D eigenvalue weighted by molar-refractivity contribution is -0.154. The zero-order chi connectivity index (χ0) is 17.9. The monoisotopic (exact) mass is 360 g/mol. The van der Waals surface area contributed by atoms with Crippen LogP contribution in [0.3, 0.4) is 0 Å². The molecule has 1 aromatic carbocycles. The van der Waals surface area contributed by atoms with E-state index < -0.39 is 11.4 Å². The van der Waals surface area contributed by atoms with Crippen LogP contribution in [0.1, 0.15) is 28.2 Å². The van der Waals surface area contributed by atoms with E-state index in [9.17, 15) is 14.7 Å². The van der Waals surface area contributed by atoms with Gasteiger partial charge in [-0.25, -0.2) is 4.98 Å². The number of aryl methyl sites for hydroxylation is 1. The Kier molecular flexibility index (Phi) is 5.15. The average Bonchev–Trinajstić information content (AvgIpc) is 3.03. The summed E-state index contributed by atoms with van der Waals surface area (Å²) < 4.78 is 5.25. The highest BCUT2D eigenvalue weighted by Gasteiger charge is 2.40. The maximum atomic E-state index is 12.6. The van der Waals surface area contributed by atoms with Gasteiger partial charge in [0.25, 0.3) is 5.91 Å². The van der Waals surface area contributed by atoms with Gasteiger partial charge in [-0.15, -0.1) is 11.3 Å². The summed E-state index contributed by atoms with van der Waals surface area (Å²) in [6.07, 6.45) is 0.805. The first-order valence-electron chi connectivity index (χ1n) is 8.14. The minimum atomic E-state index is -0.950. The SMILES string of the molecule is Cc1nc(-c2ccccc2)sc1C(=O)NCC1(C(=O)O)CCOCC1. The van der Waals surface area contributed by atoms with Crippen LogP contribution in [0.2, 0.25) is 0 Å². The van der Waals surface area contributed by atoms with Gasteiger partial charge in [-0.2, -0.15) is 0 Å². The Morgan fingerprint density at radius 1 is 1.28 bits per heavy atom. The first kappa shape index (κ1) is 17.6. The van der Waals surface area contributed by atoms with E-state index in [-0.39, 0.29) is 12.5 Å². The van der Waals surface area contributed by atoms with Gasteiger partial charge in [0.2, 0.25) is 0 Å². The van der Waals surface area contributed by atoms with Crippen molar-refractivity contribution >= 4 is 23.2 Å². The van der Waals surface area contributed by atoms with Crippen molar-refractivity contribution < 1.29 is 19.4 Å². The van der Waals surface area contributed by atoms with Gasteiger partial charge < -0.3 is 15.2 Å². The third kappa shape index (κ3) is 3.72. The number of nitrogens with one attached hydrogen (secondary N) is 1. The van der Waals surface area contributed by atoms with Crippen molar-refractivity contribution in [2.24, 2.45) is 5.41 Å². The maximum absolute atomic E-state index is 12.6. The Hall–Kier alpha value is -2.25. The molecule has 1 fully saturated rings. The lowest BCUT2D eigenvalue weighted by Crippen LogP contribution is -2.46. The number of hydrogen-bond acceptors (Lipinski definition) is 5. The van der Waals surface area contributed by atoms with Crippen LogP contribution >= 0.6 is 11.3 Å². The van der Waals surface area contributed by atoms with Gasteiger partial charge >= 0.3 is 5.97 Å². The summed E-state index contributed by atoms with van der Waals surface area (Å²) in [4.78, 5) is 29.2. The Labute approximate surface area is 149 Å². The molecular weight excluding hydrogens is 340 g/mol. The number of aliphatic carboxylic acids is 1. The molecule has 0 radical (unpaired) electrons. The molecule has 0 spiro atoms. The Morgan fingerprint density at radius 3 is 2.60 bits per heavy atom. The molecule has 2 heterocycles.